The molecule has 18 heavy (non-hydrogen) atoms. The van der Waals surface area contributed by atoms with E-state index in [1.165, 1.54) is 0 Å². The molecule has 1 aromatic rings. The first-order valence-electron chi connectivity index (χ1n) is 5.88. The van der Waals surface area contributed by atoms with Crippen LogP contribution in [0.1, 0.15) is 12.0 Å². The summed E-state index contributed by atoms with van der Waals surface area (Å²) in [5.74, 6) is 0.419. The fourth-order valence-electron chi connectivity index (χ4n) is 2.16. The fourth-order valence-corrected chi connectivity index (χ4v) is 3.43. The molecule has 1 aliphatic heterocycles. The summed E-state index contributed by atoms with van der Waals surface area (Å²) < 4.78 is 23.1. The molecule has 3 N–H and O–H groups in total. The van der Waals surface area contributed by atoms with Crippen LogP contribution in [-0.4, -0.2) is 38.8 Å². The van der Waals surface area contributed by atoms with Crippen LogP contribution in [0.25, 0.3) is 0 Å². The Balaban J connectivity index is 2.29. The van der Waals surface area contributed by atoms with Crippen molar-refractivity contribution >= 4 is 21.4 Å². The van der Waals surface area contributed by atoms with Gasteiger partial charge in [0.1, 0.15) is 5.84 Å². The summed E-state index contributed by atoms with van der Waals surface area (Å²) in [5, 5.41) is 7.56. The number of hydrogen-bond donors (Lipinski definition) is 2. The molecule has 0 bridgehead atoms. The van der Waals surface area contributed by atoms with Gasteiger partial charge in [0.25, 0.3) is 0 Å². The molecule has 5 nitrogen and oxygen atoms in total. The largest absolute Gasteiger partial charge is 0.384 e. The Labute approximate surface area is 107 Å². The van der Waals surface area contributed by atoms with Gasteiger partial charge in [0, 0.05) is 24.3 Å². The molecule has 1 heterocycles. The highest BCUT2D eigenvalue weighted by molar-refractivity contribution is 7.91. The summed E-state index contributed by atoms with van der Waals surface area (Å²) in [4.78, 5) is 2.00. The third kappa shape index (κ3) is 2.81. The summed E-state index contributed by atoms with van der Waals surface area (Å²) in [6.07, 6.45) is 0.620. The van der Waals surface area contributed by atoms with Crippen molar-refractivity contribution in [2.45, 2.75) is 6.42 Å². The first-order valence-corrected chi connectivity index (χ1v) is 7.70. The van der Waals surface area contributed by atoms with E-state index in [0.717, 1.165) is 5.69 Å². The van der Waals surface area contributed by atoms with Crippen molar-refractivity contribution in [2.24, 2.45) is 5.73 Å². The molecule has 0 aromatic heterocycles. The van der Waals surface area contributed by atoms with E-state index >= 15 is 0 Å². The zero-order valence-corrected chi connectivity index (χ0v) is 10.9. The van der Waals surface area contributed by atoms with Crippen LogP contribution in [0.5, 0.6) is 0 Å². The Morgan fingerprint density at radius 3 is 2.67 bits per heavy atom. The van der Waals surface area contributed by atoms with E-state index in [9.17, 15) is 8.42 Å². The van der Waals surface area contributed by atoms with Crippen molar-refractivity contribution in [3.63, 3.8) is 0 Å². The number of amidine groups is 1. The van der Waals surface area contributed by atoms with E-state index in [4.69, 9.17) is 11.1 Å². The third-order valence-electron chi connectivity index (χ3n) is 3.09. The summed E-state index contributed by atoms with van der Waals surface area (Å²) in [6, 6.07) is 7.38. The van der Waals surface area contributed by atoms with Gasteiger partial charge in [-0.25, -0.2) is 8.42 Å². The Kier molecular flexibility index (Phi) is 3.56. The fraction of sp³-hybridized carbons (Fsp3) is 0.417. The van der Waals surface area contributed by atoms with Crippen LogP contribution in [0, 0.1) is 5.41 Å². The van der Waals surface area contributed by atoms with E-state index in [1.807, 2.05) is 23.1 Å². The number of nitrogens with one attached hydrogen (secondary N) is 1. The maximum Gasteiger partial charge on any atom is 0.152 e. The van der Waals surface area contributed by atoms with Gasteiger partial charge in [0.15, 0.2) is 9.84 Å². The highest BCUT2D eigenvalue weighted by atomic mass is 32.2. The second-order valence-electron chi connectivity index (χ2n) is 4.42. The molecule has 0 atom stereocenters. The van der Waals surface area contributed by atoms with Gasteiger partial charge >= 0.3 is 0 Å². The van der Waals surface area contributed by atoms with Gasteiger partial charge in [-0.15, -0.1) is 0 Å². The molecule has 0 saturated carbocycles. The maximum atomic E-state index is 11.6. The van der Waals surface area contributed by atoms with E-state index in [1.54, 1.807) is 6.07 Å². The first kappa shape index (κ1) is 12.9. The number of nitrogen functional groups attached to an aromatic ring is 1. The van der Waals surface area contributed by atoms with Crippen LogP contribution in [0.3, 0.4) is 0 Å². The first-order chi connectivity index (χ1) is 8.49. The predicted molar refractivity (Wildman–Crippen MR) is 72.9 cm³/mol. The highest BCUT2D eigenvalue weighted by Crippen LogP contribution is 2.21. The molecule has 98 valence electrons. The minimum atomic E-state index is -2.92. The number of rotatable bonds is 2. The van der Waals surface area contributed by atoms with Gasteiger partial charge in [0.2, 0.25) is 0 Å². The average Bonchev–Trinajstić information content (AvgIpc) is 2.50. The van der Waals surface area contributed by atoms with Crippen LogP contribution in [0.4, 0.5) is 5.69 Å². The number of anilines is 1. The summed E-state index contributed by atoms with van der Waals surface area (Å²) in [6.45, 7) is 1.15. The van der Waals surface area contributed by atoms with E-state index in [2.05, 4.69) is 0 Å². The highest BCUT2D eigenvalue weighted by Gasteiger charge is 2.21. The Hall–Kier alpha value is -1.56. The molecule has 1 aliphatic rings. The van der Waals surface area contributed by atoms with Gasteiger partial charge < -0.3 is 10.6 Å². The number of para-hydroxylation sites is 1. The van der Waals surface area contributed by atoms with Gasteiger partial charge in [-0.05, 0) is 18.6 Å². The number of nitrogens with zero attached hydrogens (tertiary/aromatic N) is 1. The van der Waals surface area contributed by atoms with Gasteiger partial charge in [0.05, 0.1) is 11.5 Å². The summed E-state index contributed by atoms with van der Waals surface area (Å²) >= 11 is 0. The smallest absolute Gasteiger partial charge is 0.152 e. The van der Waals surface area contributed by atoms with Crippen LogP contribution in [-0.2, 0) is 9.84 Å². The van der Waals surface area contributed by atoms with E-state index < -0.39 is 9.84 Å². The quantitative estimate of drug-likeness (QED) is 0.606. The van der Waals surface area contributed by atoms with Gasteiger partial charge in [-0.2, -0.15) is 0 Å². The molecular weight excluding hydrogens is 250 g/mol. The average molecular weight is 267 g/mol. The number of nitrogens with two attached hydrogens (primary N) is 1. The van der Waals surface area contributed by atoms with Crippen molar-refractivity contribution in [3.05, 3.63) is 29.8 Å². The number of sulfone groups is 1. The molecule has 2 rings (SSSR count). The molecule has 1 aromatic carbocycles. The molecule has 0 unspecified atom stereocenters. The molecule has 0 spiro atoms. The molecule has 0 aliphatic carbocycles. The lowest BCUT2D eigenvalue weighted by Gasteiger charge is -2.24. The van der Waals surface area contributed by atoms with E-state index in [-0.39, 0.29) is 17.3 Å². The Morgan fingerprint density at radius 1 is 1.22 bits per heavy atom. The maximum absolute atomic E-state index is 11.6. The molecule has 0 amide bonds. The third-order valence-corrected chi connectivity index (χ3v) is 4.81. The van der Waals surface area contributed by atoms with E-state index in [0.29, 0.717) is 25.1 Å². The lowest BCUT2D eigenvalue weighted by Crippen LogP contribution is -2.29. The molecular formula is C12H17N3O2S. The monoisotopic (exact) mass is 267 g/mol. The number of benzene rings is 1. The molecule has 1 fully saturated rings. The molecule has 1 saturated heterocycles. The van der Waals surface area contributed by atoms with Crippen molar-refractivity contribution in [1.82, 2.24) is 0 Å². The lowest BCUT2D eigenvalue weighted by molar-refractivity contribution is 0.597. The number of hydrogen-bond acceptors (Lipinski definition) is 4. The standard InChI is InChI=1S/C12H17N3O2S/c13-12(14)10-4-1-2-5-11(10)15-6-3-8-18(16,17)9-7-15/h1-2,4-5H,3,6-9H2,(H3,13,14). The van der Waals surface area contributed by atoms with Crippen LogP contribution < -0.4 is 10.6 Å². The topological polar surface area (TPSA) is 87.2 Å². The van der Waals surface area contributed by atoms with Crippen LogP contribution in [0.15, 0.2) is 24.3 Å². The molecule has 6 heteroatoms. The minimum Gasteiger partial charge on any atom is -0.384 e. The molecule has 0 radical (unpaired) electrons. The van der Waals surface area contributed by atoms with Gasteiger partial charge in [-0.3, -0.25) is 5.41 Å². The zero-order chi connectivity index (χ0) is 13.2. The SMILES string of the molecule is N=C(N)c1ccccc1N1CCCS(=O)(=O)CC1. The summed E-state index contributed by atoms with van der Waals surface area (Å²) in [5.41, 5.74) is 7.06. The van der Waals surface area contributed by atoms with Crippen molar-refractivity contribution in [1.29, 1.82) is 5.41 Å². The van der Waals surface area contributed by atoms with Crippen LogP contribution in [0.2, 0.25) is 0 Å². The van der Waals surface area contributed by atoms with Crippen molar-refractivity contribution in [2.75, 3.05) is 29.5 Å². The van der Waals surface area contributed by atoms with Crippen molar-refractivity contribution in [3.8, 4) is 0 Å². The summed E-state index contributed by atoms with van der Waals surface area (Å²) in [7, 11) is -2.92. The predicted octanol–water partition coefficient (Wildman–Crippen LogP) is 0.596. The second kappa shape index (κ2) is 4.97. The van der Waals surface area contributed by atoms with Crippen molar-refractivity contribution < 1.29 is 8.42 Å². The Morgan fingerprint density at radius 2 is 1.94 bits per heavy atom. The van der Waals surface area contributed by atoms with Gasteiger partial charge in [-0.1, -0.05) is 12.1 Å². The normalized spacial score (nSPS) is 19.2. The zero-order valence-electron chi connectivity index (χ0n) is 10.1. The second-order valence-corrected chi connectivity index (χ2v) is 6.73. The minimum absolute atomic E-state index is 0.0118. The lowest BCUT2D eigenvalue weighted by atomic mass is 10.1. The van der Waals surface area contributed by atoms with Crippen LogP contribution >= 0.6 is 0 Å². The Bertz CT molecular complexity index is 554.